The van der Waals surface area contributed by atoms with E-state index in [1.165, 1.54) is 0 Å². The van der Waals surface area contributed by atoms with Crippen molar-refractivity contribution in [1.29, 1.82) is 0 Å². The molecule has 0 spiro atoms. The summed E-state index contributed by atoms with van der Waals surface area (Å²) in [4.78, 5) is 38.0. The molecule has 2 fully saturated rings. The van der Waals surface area contributed by atoms with Gasteiger partial charge in [0.1, 0.15) is 11.2 Å². The third-order valence-corrected chi connectivity index (χ3v) is 6.30. The Labute approximate surface area is 136 Å². The average molecular weight is 314 g/mol. The predicted octanol–water partition coefficient (Wildman–Crippen LogP) is 3.17. The van der Waals surface area contributed by atoms with Gasteiger partial charge in [-0.15, -0.1) is 0 Å². The van der Waals surface area contributed by atoms with Crippen LogP contribution in [-0.2, 0) is 14.4 Å². The van der Waals surface area contributed by atoms with Gasteiger partial charge in [0.25, 0.3) is 0 Å². The molecule has 1 aromatic carbocycles. The van der Waals surface area contributed by atoms with Gasteiger partial charge in [0.2, 0.25) is 11.6 Å². The van der Waals surface area contributed by atoms with Crippen molar-refractivity contribution >= 4 is 17.5 Å². The highest BCUT2D eigenvalue weighted by atomic mass is 16.5. The number of fused-ring (bicyclic) bond motifs is 2. The van der Waals surface area contributed by atoms with E-state index in [0.29, 0.717) is 18.6 Å². The van der Waals surface area contributed by atoms with Crippen LogP contribution in [0.4, 0.5) is 0 Å². The molecule has 1 aromatic rings. The minimum atomic E-state index is -1.35. The molecule has 2 aliphatic rings. The SMILES string of the molecule is Cc1cc(C)cc(OC(=O)[C@@]23CC[C@@](C)(C(=O)C2=O)C3(C)C)c1. The minimum absolute atomic E-state index is 0.380. The van der Waals surface area contributed by atoms with Gasteiger partial charge in [0.05, 0.1) is 0 Å². The maximum atomic E-state index is 12.9. The van der Waals surface area contributed by atoms with Crippen molar-refractivity contribution < 1.29 is 19.1 Å². The summed E-state index contributed by atoms with van der Waals surface area (Å²) >= 11 is 0. The van der Waals surface area contributed by atoms with E-state index >= 15 is 0 Å². The van der Waals surface area contributed by atoms with Crippen LogP contribution in [0.25, 0.3) is 0 Å². The number of Topliss-reactive ketones (excluding diaryl/α,β-unsaturated/α-hetero) is 2. The molecule has 0 radical (unpaired) electrons. The van der Waals surface area contributed by atoms with Crippen LogP contribution in [0.15, 0.2) is 18.2 Å². The van der Waals surface area contributed by atoms with Gasteiger partial charge >= 0.3 is 5.97 Å². The van der Waals surface area contributed by atoms with Crippen molar-refractivity contribution in [2.75, 3.05) is 0 Å². The molecule has 0 heterocycles. The molecule has 2 saturated carbocycles. The van der Waals surface area contributed by atoms with Crippen LogP contribution in [0, 0.1) is 30.1 Å². The smallest absolute Gasteiger partial charge is 0.326 e. The van der Waals surface area contributed by atoms with Crippen molar-refractivity contribution in [1.82, 2.24) is 0 Å². The Morgan fingerprint density at radius 3 is 2.00 bits per heavy atom. The number of rotatable bonds is 2. The first-order valence-corrected chi connectivity index (χ1v) is 7.96. The van der Waals surface area contributed by atoms with Gasteiger partial charge in [-0.3, -0.25) is 14.4 Å². The number of carbonyl (C=O) groups excluding carboxylic acids is 3. The van der Waals surface area contributed by atoms with E-state index in [4.69, 9.17) is 4.74 Å². The van der Waals surface area contributed by atoms with Crippen molar-refractivity contribution in [3.05, 3.63) is 29.3 Å². The van der Waals surface area contributed by atoms with Crippen LogP contribution in [0.5, 0.6) is 5.75 Å². The Bertz CT molecular complexity index is 725. The highest BCUT2D eigenvalue weighted by Crippen LogP contribution is 2.69. The minimum Gasteiger partial charge on any atom is -0.426 e. The number of benzene rings is 1. The molecule has 4 heteroatoms. The Balaban J connectivity index is 2.02. The van der Waals surface area contributed by atoms with Crippen LogP contribution in [-0.4, -0.2) is 17.5 Å². The number of hydrogen-bond donors (Lipinski definition) is 0. The first-order chi connectivity index (χ1) is 10.6. The molecule has 0 aromatic heterocycles. The standard InChI is InChI=1S/C19H22O4/c1-11-8-12(2)10-13(9-11)23-16(22)19-7-6-18(5,17(19,3)4)14(20)15(19)21/h8-10H,6-7H2,1-5H3/t18-,19+/m0/s1. The third kappa shape index (κ3) is 1.75. The van der Waals surface area contributed by atoms with E-state index in [2.05, 4.69) is 0 Å². The summed E-state index contributed by atoms with van der Waals surface area (Å²) in [6.45, 7) is 9.32. The molecule has 0 N–H and O–H groups in total. The Morgan fingerprint density at radius 2 is 1.52 bits per heavy atom. The first kappa shape index (κ1) is 15.9. The lowest BCUT2D eigenvalue weighted by molar-refractivity contribution is -0.157. The molecule has 122 valence electrons. The molecule has 2 bridgehead atoms. The molecular formula is C19H22O4. The van der Waals surface area contributed by atoms with Gasteiger partial charge in [0.15, 0.2) is 0 Å². The number of hydrogen-bond acceptors (Lipinski definition) is 4. The van der Waals surface area contributed by atoms with E-state index in [1.54, 1.807) is 19.1 Å². The molecule has 23 heavy (non-hydrogen) atoms. The van der Waals surface area contributed by atoms with E-state index in [0.717, 1.165) is 11.1 Å². The largest absolute Gasteiger partial charge is 0.426 e. The van der Waals surface area contributed by atoms with Gasteiger partial charge in [-0.25, -0.2) is 0 Å². The Kier molecular flexibility index (Phi) is 3.13. The molecule has 0 saturated heterocycles. The van der Waals surface area contributed by atoms with Gasteiger partial charge in [-0.05, 0) is 49.9 Å². The fourth-order valence-corrected chi connectivity index (χ4v) is 4.41. The lowest BCUT2D eigenvalue weighted by atomic mass is 9.65. The molecule has 4 nitrogen and oxygen atoms in total. The molecule has 2 atom stereocenters. The van der Waals surface area contributed by atoms with Crippen molar-refractivity contribution in [3.8, 4) is 5.75 Å². The lowest BCUT2D eigenvalue weighted by Gasteiger charge is -2.36. The Hall–Kier alpha value is -1.97. The normalized spacial score (nSPS) is 31.5. The summed E-state index contributed by atoms with van der Waals surface area (Å²) < 4.78 is 5.57. The number of aryl methyl sites for hydroxylation is 2. The fraction of sp³-hybridized carbons (Fsp3) is 0.526. The van der Waals surface area contributed by atoms with Gasteiger partial charge in [-0.1, -0.05) is 26.8 Å². The second-order valence-electron chi connectivity index (χ2n) is 7.73. The monoisotopic (exact) mass is 314 g/mol. The molecule has 0 unspecified atom stereocenters. The van der Waals surface area contributed by atoms with Crippen molar-refractivity contribution in [3.63, 3.8) is 0 Å². The lowest BCUT2D eigenvalue weighted by Crippen LogP contribution is -2.47. The summed E-state index contributed by atoms with van der Waals surface area (Å²) in [6.07, 6.45) is 0.928. The summed E-state index contributed by atoms with van der Waals surface area (Å²) in [5.41, 5.74) is -0.893. The van der Waals surface area contributed by atoms with Crippen LogP contribution in [0.3, 0.4) is 0 Å². The molecule has 0 aliphatic heterocycles. The molecule has 3 rings (SSSR count). The third-order valence-electron chi connectivity index (χ3n) is 6.30. The maximum Gasteiger partial charge on any atom is 0.326 e. The summed E-state index contributed by atoms with van der Waals surface area (Å²) in [5.74, 6) is -1.16. The Morgan fingerprint density at radius 1 is 0.957 bits per heavy atom. The first-order valence-electron chi connectivity index (χ1n) is 7.96. The summed E-state index contributed by atoms with van der Waals surface area (Å²) in [5, 5.41) is 0. The van der Waals surface area contributed by atoms with E-state index in [9.17, 15) is 14.4 Å². The zero-order chi connectivity index (χ0) is 17.2. The second-order valence-corrected chi connectivity index (χ2v) is 7.73. The zero-order valence-electron chi connectivity index (χ0n) is 14.3. The average Bonchev–Trinajstić information content (AvgIpc) is 2.70. The van der Waals surface area contributed by atoms with Gasteiger partial charge < -0.3 is 4.74 Å². The quantitative estimate of drug-likeness (QED) is 0.364. The number of ether oxygens (including phenoxy) is 1. The molecule has 0 amide bonds. The molecule has 2 aliphatic carbocycles. The van der Waals surface area contributed by atoms with Crippen LogP contribution >= 0.6 is 0 Å². The topological polar surface area (TPSA) is 60.4 Å². The number of esters is 1. The van der Waals surface area contributed by atoms with Gasteiger partial charge in [0, 0.05) is 10.8 Å². The van der Waals surface area contributed by atoms with Crippen LogP contribution in [0.2, 0.25) is 0 Å². The highest BCUT2D eigenvalue weighted by Gasteiger charge is 2.78. The fourth-order valence-electron chi connectivity index (χ4n) is 4.41. The van der Waals surface area contributed by atoms with E-state index < -0.39 is 33.8 Å². The van der Waals surface area contributed by atoms with Crippen LogP contribution < -0.4 is 4.74 Å². The predicted molar refractivity (Wildman–Crippen MR) is 85.1 cm³/mol. The summed E-state index contributed by atoms with van der Waals surface area (Å²) in [6, 6.07) is 5.52. The maximum absolute atomic E-state index is 12.9. The van der Waals surface area contributed by atoms with Crippen molar-refractivity contribution in [2.45, 2.75) is 47.5 Å². The molecular weight excluding hydrogens is 292 g/mol. The highest BCUT2D eigenvalue weighted by molar-refractivity contribution is 6.48. The van der Waals surface area contributed by atoms with E-state index in [1.807, 2.05) is 33.8 Å². The van der Waals surface area contributed by atoms with E-state index in [-0.39, 0.29) is 0 Å². The second kappa shape index (κ2) is 4.53. The summed E-state index contributed by atoms with van der Waals surface area (Å²) in [7, 11) is 0. The van der Waals surface area contributed by atoms with Crippen LogP contribution in [0.1, 0.15) is 44.7 Å². The van der Waals surface area contributed by atoms with Gasteiger partial charge in [-0.2, -0.15) is 0 Å². The number of carbonyl (C=O) groups is 3. The number of ketones is 2. The zero-order valence-corrected chi connectivity index (χ0v) is 14.3. The van der Waals surface area contributed by atoms with Crippen molar-refractivity contribution in [2.24, 2.45) is 16.2 Å².